The van der Waals surface area contributed by atoms with Crippen molar-refractivity contribution >= 4 is 15.9 Å². The van der Waals surface area contributed by atoms with Crippen LogP contribution in [0.4, 0.5) is 0 Å². The van der Waals surface area contributed by atoms with Crippen molar-refractivity contribution in [3.05, 3.63) is 46.5 Å². The SMILES string of the molecule is Cn1nccc1C(O)Cc1ccc(Br)cn1. The van der Waals surface area contributed by atoms with Crippen LogP contribution in [0.3, 0.4) is 0 Å². The maximum absolute atomic E-state index is 10.0. The lowest BCUT2D eigenvalue weighted by molar-refractivity contribution is 0.167. The van der Waals surface area contributed by atoms with E-state index in [0.29, 0.717) is 6.42 Å². The summed E-state index contributed by atoms with van der Waals surface area (Å²) in [5, 5.41) is 14.0. The van der Waals surface area contributed by atoms with Gasteiger partial charge in [0.1, 0.15) is 6.10 Å². The molecule has 0 saturated carbocycles. The number of aliphatic hydroxyl groups is 1. The number of rotatable bonds is 3. The zero-order valence-corrected chi connectivity index (χ0v) is 10.4. The van der Waals surface area contributed by atoms with E-state index in [1.54, 1.807) is 17.1 Å². The molecule has 4 nitrogen and oxygen atoms in total. The fraction of sp³-hybridized carbons (Fsp3) is 0.273. The van der Waals surface area contributed by atoms with Gasteiger partial charge >= 0.3 is 0 Å². The molecule has 2 aromatic rings. The second-order valence-electron chi connectivity index (χ2n) is 3.57. The first-order valence-electron chi connectivity index (χ1n) is 4.93. The topological polar surface area (TPSA) is 50.9 Å². The fourth-order valence-electron chi connectivity index (χ4n) is 1.54. The molecule has 0 amide bonds. The molecular formula is C11H12BrN3O. The van der Waals surface area contributed by atoms with Crippen molar-refractivity contribution in [3.63, 3.8) is 0 Å². The van der Waals surface area contributed by atoms with Crippen LogP contribution in [0.1, 0.15) is 17.5 Å². The normalized spacial score (nSPS) is 12.7. The summed E-state index contributed by atoms with van der Waals surface area (Å²) in [6.07, 6.45) is 3.33. The third-order valence-corrected chi connectivity index (χ3v) is 2.86. The molecule has 16 heavy (non-hydrogen) atoms. The number of nitrogens with zero attached hydrogens (tertiary/aromatic N) is 3. The Kier molecular flexibility index (Phi) is 3.36. The second-order valence-corrected chi connectivity index (χ2v) is 4.48. The van der Waals surface area contributed by atoms with Crippen molar-refractivity contribution in [2.24, 2.45) is 7.05 Å². The molecule has 0 radical (unpaired) electrons. The van der Waals surface area contributed by atoms with Crippen molar-refractivity contribution in [1.29, 1.82) is 0 Å². The van der Waals surface area contributed by atoms with Gasteiger partial charge in [0.2, 0.25) is 0 Å². The van der Waals surface area contributed by atoms with Gasteiger partial charge in [-0.3, -0.25) is 9.67 Å². The highest BCUT2D eigenvalue weighted by molar-refractivity contribution is 9.10. The molecule has 0 aromatic carbocycles. The van der Waals surface area contributed by atoms with Crippen LogP contribution in [0.5, 0.6) is 0 Å². The lowest BCUT2D eigenvalue weighted by Crippen LogP contribution is -2.08. The minimum Gasteiger partial charge on any atom is -0.386 e. The van der Waals surface area contributed by atoms with Crippen molar-refractivity contribution in [2.75, 3.05) is 0 Å². The summed E-state index contributed by atoms with van der Waals surface area (Å²) in [6, 6.07) is 5.62. The molecular weight excluding hydrogens is 270 g/mol. The van der Waals surface area contributed by atoms with Crippen LogP contribution in [-0.2, 0) is 13.5 Å². The standard InChI is InChI=1S/C11H12BrN3O/c1-15-10(4-5-14-15)11(16)6-9-3-2-8(12)7-13-9/h2-5,7,11,16H,6H2,1H3. The molecule has 0 spiro atoms. The molecule has 1 atom stereocenters. The van der Waals surface area contributed by atoms with Crippen molar-refractivity contribution in [2.45, 2.75) is 12.5 Å². The van der Waals surface area contributed by atoms with Gasteiger partial charge in [0.05, 0.1) is 5.69 Å². The van der Waals surface area contributed by atoms with Crippen LogP contribution in [0.25, 0.3) is 0 Å². The van der Waals surface area contributed by atoms with Gasteiger partial charge in [-0.05, 0) is 34.1 Å². The van der Waals surface area contributed by atoms with Crippen LogP contribution in [0, 0.1) is 0 Å². The Morgan fingerprint density at radius 3 is 2.81 bits per heavy atom. The number of hydrogen-bond donors (Lipinski definition) is 1. The van der Waals surface area contributed by atoms with E-state index in [1.807, 2.05) is 25.2 Å². The van der Waals surface area contributed by atoms with E-state index in [-0.39, 0.29) is 0 Å². The van der Waals surface area contributed by atoms with E-state index < -0.39 is 6.10 Å². The summed E-state index contributed by atoms with van der Waals surface area (Å²) in [4.78, 5) is 4.22. The zero-order valence-electron chi connectivity index (χ0n) is 8.84. The third-order valence-electron chi connectivity index (χ3n) is 2.39. The monoisotopic (exact) mass is 281 g/mol. The molecule has 1 unspecified atom stereocenters. The smallest absolute Gasteiger partial charge is 0.101 e. The Balaban J connectivity index is 2.10. The van der Waals surface area contributed by atoms with Gasteiger partial charge in [0.25, 0.3) is 0 Å². The van der Waals surface area contributed by atoms with Gasteiger partial charge in [-0.25, -0.2) is 0 Å². The Labute approximate surface area is 102 Å². The van der Waals surface area contributed by atoms with Crippen molar-refractivity contribution < 1.29 is 5.11 Å². The van der Waals surface area contributed by atoms with Gasteiger partial charge < -0.3 is 5.11 Å². The van der Waals surface area contributed by atoms with E-state index in [0.717, 1.165) is 15.9 Å². The number of aliphatic hydroxyl groups excluding tert-OH is 1. The van der Waals surface area contributed by atoms with Crippen LogP contribution in [0.2, 0.25) is 0 Å². The molecule has 0 saturated heterocycles. The van der Waals surface area contributed by atoms with Crippen LogP contribution < -0.4 is 0 Å². The Morgan fingerprint density at radius 2 is 2.25 bits per heavy atom. The minimum atomic E-state index is -0.568. The molecule has 1 N–H and O–H groups in total. The number of pyridine rings is 1. The van der Waals surface area contributed by atoms with Crippen LogP contribution >= 0.6 is 15.9 Å². The van der Waals surface area contributed by atoms with E-state index in [2.05, 4.69) is 26.0 Å². The highest BCUT2D eigenvalue weighted by Crippen LogP contribution is 2.17. The van der Waals surface area contributed by atoms with E-state index >= 15 is 0 Å². The van der Waals surface area contributed by atoms with Crippen molar-refractivity contribution in [3.8, 4) is 0 Å². The van der Waals surface area contributed by atoms with E-state index in [9.17, 15) is 5.11 Å². The Hall–Kier alpha value is -1.20. The maximum Gasteiger partial charge on any atom is 0.101 e. The first-order valence-corrected chi connectivity index (χ1v) is 5.72. The van der Waals surface area contributed by atoms with E-state index in [1.165, 1.54) is 0 Å². The zero-order chi connectivity index (χ0) is 11.5. The maximum atomic E-state index is 10.0. The highest BCUT2D eigenvalue weighted by Gasteiger charge is 2.12. The number of aryl methyl sites for hydroxylation is 1. The first kappa shape index (κ1) is 11.3. The lowest BCUT2D eigenvalue weighted by Gasteiger charge is -2.10. The van der Waals surface area contributed by atoms with Gasteiger partial charge in [-0.1, -0.05) is 0 Å². The molecule has 2 heterocycles. The third kappa shape index (κ3) is 2.48. The van der Waals surface area contributed by atoms with Gasteiger partial charge in [-0.2, -0.15) is 5.10 Å². The van der Waals surface area contributed by atoms with Crippen LogP contribution in [0.15, 0.2) is 35.1 Å². The summed E-state index contributed by atoms with van der Waals surface area (Å²) in [5.41, 5.74) is 1.65. The number of halogens is 1. The summed E-state index contributed by atoms with van der Waals surface area (Å²) in [7, 11) is 1.81. The molecule has 2 aromatic heterocycles. The first-order chi connectivity index (χ1) is 7.66. The summed E-state index contributed by atoms with van der Waals surface area (Å²) < 4.78 is 2.61. The quantitative estimate of drug-likeness (QED) is 0.934. The molecule has 0 aliphatic carbocycles. The average molecular weight is 282 g/mol. The number of aromatic nitrogens is 3. The van der Waals surface area contributed by atoms with E-state index in [4.69, 9.17) is 0 Å². The number of hydrogen-bond acceptors (Lipinski definition) is 3. The highest BCUT2D eigenvalue weighted by atomic mass is 79.9. The summed E-state index contributed by atoms with van der Waals surface area (Å²) in [6.45, 7) is 0. The average Bonchev–Trinajstić information content (AvgIpc) is 2.68. The van der Waals surface area contributed by atoms with Crippen molar-refractivity contribution in [1.82, 2.24) is 14.8 Å². The lowest BCUT2D eigenvalue weighted by atomic mass is 10.1. The predicted octanol–water partition coefficient (Wildman–Crippen LogP) is 1.85. The second kappa shape index (κ2) is 4.76. The summed E-state index contributed by atoms with van der Waals surface area (Å²) >= 11 is 3.32. The molecule has 84 valence electrons. The minimum absolute atomic E-state index is 0.493. The Morgan fingerprint density at radius 1 is 1.44 bits per heavy atom. The van der Waals surface area contributed by atoms with Gasteiger partial charge in [-0.15, -0.1) is 0 Å². The fourth-order valence-corrected chi connectivity index (χ4v) is 1.78. The predicted molar refractivity (Wildman–Crippen MR) is 63.8 cm³/mol. The molecule has 0 aliphatic rings. The van der Waals surface area contributed by atoms with Crippen LogP contribution in [-0.4, -0.2) is 19.9 Å². The molecule has 2 rings (SSSR count). The largest absolute Gasteiger partial charge is 0.386 e. The summed E-state index contributed by atoms with van der Waals surface area (Å²) in [5.74, 6) is 0. The molecule has 0 bridgehead atoms. The van der Waals surface area contributed by atoms with Gasteiger partial charge in [0.15, 0.2) is 0 Å². The molecule has 0 aliphatic heterocycles. The Bertz CT molecular complexity index is 466. The van der Waals surface area contributed by atoms with Gasteiger partial charge in [0, 0.05) is 36.0 Å². The molecule has 5 heteroatoms. The molecule has 0 fully saturated rings.